The Labute approximate surface area is 214 Å². The van der Waals surface area contributed by atoms with Gasteiger partial charge in [0.15, 0.2) is 11.5 Å². The summed E-state index contributed by atoms with van der Waals surface area (Å²) in [6.45, 7) is 10.7. The first-order chi connectivity index (χ1) is 17.0. The van der Waals surface area contributed by atoms with Gasteiger partial charge in [-0.2, -0.15) is 0 Å². The van der Waals surface area contributed by atoms with Crippen LogP contribution in [0.25, 0.3) is 0 Å². The summed E-state index contributed by atoms with van der Waals surface area (Å²) in [7, 11) is 0. The molecule has 9 heteroatoms. The normalized spacial score (nSPS) is 14.2. The summed E-state index contributed by atoms with van der Waals surface area (Å²) in [6, 6.07) is 3.73. The summed E-state index contributed by atoms with van der Waals surface area (Å²) in [5.41, 5.74) is 6.61. The molecular weight excluding hydrogens is 466 g/mol. The molecule has 1 aromatic rings. The van der Waals surface area contributed by atoms with Crippen molar-refractivity contribution >= 4 is 23.9 Å². The molecule has 1 rings (SSSR count). The molecule has 0 heterocycles. The number of carbonyl (C=O) groups is 4. The summed E-state index contributed by atoms with van der Waals surface area (Å²) < 4.78 is 21.4. The molecule has 0 aromatic heterocycles. The number of nitrogens with two attached hydrogens (primary N) is 1. The van der Waals surface area contributed by atoms with Gasteiger partial charge in [-0.05, 0) is 43.9 Å². The van der Waals surface area contributed by atoms with Gasteiger partial charge >= 0.3 is 23.9 Å². The van der Waals surface area contributed by atoms with Crippen LogP contribution in [-0.4, -0.2) is 42.6 Å². The predicted molar refractivity (Wildman–Crippen MR) is 134 cm³/mol. The van der Waals surface area contributed by atoms with Gasteiger partial charge in [-0.15, -0.1) is 0 Å². The van der Waals surface area contributed by atoms with Crippen molar-refractivity contribution < 1.29 is 38.1 Å². The Kier molecular flexibility index (Phi) is 13.8. The number of hydrogen-bond acceptors (Lipinski definition) is 9. The third-order valence-corrected chi connectivity index (χ3v) is 5.52. The van der Waals surface area contributed by atoms with Crippen LogP contribution in [0.2, 0.25) is 0 Å². The highest BCUT2D eigenvalue weighted by Gasteiger charge is 2.23. The quantitative estimate of drug-likeness (QED) is 0.275. The van der Waals surface area contributed by atoms with Gasteiger partial charge in [0.05, 0.1) is 11.8 Å². The lowest BCUT2D eigenvalue weighted by Gasteiger charge is -2.18. The molecule has 9 nitrogen and oxygen atoms in total. The number of carbonyl (C=O) groups excluding carboxylic acids is 4. The van der Waals surface area contributed by atoms with Crippen molar-refractivity contribution in [2.24, 2.45) is 17.6 Å². The van der Waals surface area contributed by atoms with E-state index in [9.17, 15) is 19.2 Å². The van der Waals surface area contributed by atoms with Gasteiger partial charge in [0.2, 0.25) is 0 Å². The Morgan fingerprint density at radius 1 is 0.833 bits per heavy atom. The largest absolute Gasteiger partial charge is 0.461 e. The molecule has 0 radical (unpaired) electrons. The van der Waals surface area contributed by atoms with Crippen molar-refractivity contribution in [2.45, 2.75) is 92.2 Å². The lowest BCUT2D eigenvalue weighted by molar-refractivity contribution is -0.158. The number of benzene rings is 1. The summed E-state index contributed by atoms with van der Waals surface area (Å²) in [5, 5.41) is 0. The van der Waals surface area contributed by atoms with Gasteiger partial charge < -0.3 is 24.7 Å². The molecule has 0 aliphatic heterocycles. The molecule has 0 fully saturated rings. The van der Waals surface area contributed by atoms with Crippen LogP contribution in [-0.2, 0) is 35.1 Å². The van der Waals surface area contributed by atoms with Crippen molar-refractivity contribution in [3.63, 3.8) is 0 Å². The third-order valence-electron chi connectivity index (χ3n) is 5.52. The van der Waals surface area contributed by atoms with E-state index in [0.717, 1.165) is 12.8 Å². The average molecular weight is 508 g/mol. The lowest BCUT2D eigenvalue weighted by Crippen LogP contribution is -2.36. The zero-order chi connectivity index (χ0) is 27.3. The number of hydrogen-bond donors (Lipinski definition) is 1. The highest BCUT2D eigenvalue weighted by molar-refractivity contribution is 5.79. The van der Waals surface area contributed by atoms with Crippen LogP contribution in [0.4, 0.5) is 0 Å². The minimum Gasteiger partial charge on any atom is -0.461 e. The standard InChI is InChI=1S/C27H41NO8/c1-7-10-17(4)25(30)35-22-13-12-20(15-23(22)36-26(31)18(5)11-8-2)14-21(28)27(32)33-16-19(6)34-24(29)9-3/h12-13,15,17-19,21H,7-11,14,16,28H2,1-6H3/t17?,18?,19-,21-/m0/s1. The molecule has 0 saturated heterocycles. The molecule has 0 bridgehead atoms. The van der Waals surface area contributed by atoms with Crippen LogP contribution in [0, 0.1) is 11.8 Å². The Morgan fingerprint density at radius 2 is 1.39 bits per heavy atom. The van der Waals surface area contributed by atoms with Crippen molar-refractivity contribution in [2.75, 3.05) is 6.61 Å². The van der Waals surface area contributed by atoms with Gasteiger partial charge in [0.25, 0.3) is 0 Å². The predicted octanol–water partition coefficient (Wildman–Crippen LogP) is 4.12. The third kappa shape index (κ3) is 10.8. The maximum Gasteiger partial charge on any atom is 0.323 e. The van der Waals surface area contributed by atoms with E-state index in [1.807, 2.05) is 13.8 Å². The van der Waals surface area contributed by atoms with E-state index in [1.54, 1.807) is 39.8 Å². The molecule has 0 saturated carbocycles. The van der Waals surface area contributed by atoms with E-state index in [4.69, 9.17) is 24.7 Å². The molecular formula is C27H41NO8. The maximum atomic E-state index is 12.6. The second kappa shape index (κ2) is 15.9. The summed E-state index contributed by atoms with van der Waals surface area (Å²) in [6.07, 6.45) is 2.71. The monoisotopic (exact) mass is 507 g/mol. The van der Waals surface area contributed by atoms with E-state index in [2.05, 4.69) is 0 Å². The van der Waals surface area contributed by atoms with E-state index < -0.39 is 30.1 Å². The van der Waals surface area contributed by atoms with Crippen LogP contribution in [0.15, 0.2) is 18.2 Å². The van der Waals surface area contributed by atoms with Gasteiger partial charge in [0, 0.05) is 6.42 Å². The fraction of sp³-hybridized carbons (Fsp3) is 0.630. The number of rotatable bonds is 15. The van der Waals surface area contributed by atoms with E-state index in [1.165, 1.54) is 6.07 Å². The first-order valence-electron chi connectivity index (χ1n) is 12.7. The Balaban J connectivity index is 2.97. The summed E-state index contributed by atoms with van der Waals surface area (Å²) in [4.78, 5) is 48.7. The number of ether oxygens (including phenoxy) is 4. The average Bonchev–Trinajstić information content (AvgIpc) is 2.83. The first-order valence-corrected chi connectivity index (χ1v) is 12.7. The van der Waals surface area contributed by atoms with Crippen LogP contribution < -0.4 is 15.2 Å². The summed E-state index contributed by atoms with van der Waals surface area (Å²) in [5.74, 6) is -2.31. The van der Waals surface area contributed by atoms with Crippen molar-refractivity contribution in [3.05, 3.63) is 23.8 Å². The van der Waals surface area contributed by atoms with Crippen LogP contribution in [0.3, 0.4) is 0 Å². The second-order valence-corrected chi connectivity index (χ2v) is 9.10. The smallest absolute Gasteiger partial charge is 0.323 e. The fourth-order valence-corrected chi connectivity index (χ4v) is 3.35. The zero-order valence-electron chi connectivity index (χ0n) is 22.3. The van der Waals surface area contributed by atoms with Crippen LogP contribution >= 0.6 is 0 Å². The number of esters is 4. The van der Waals surface area contributed by atoms with Crippen molar-refractivity contribution in [3.8, 4) is 11.5 Å². The molecule has 0 spiro atoms. The zero-order valence-corrected chi connectivity index (χ0v) is 22.3. The lowest BCUT2D eigenvalue weighted by atomic mass is 10.0. The Bertz CT molecular complexity index is 885. The second-order valence-electron chi connectivity index (χ2n) is 9.10. The van der Waals surface area contributed by atoms with E-state index >= 15 is 0 Å². The maximum absolute atomic E-state index is 12.6. The van der Waals surface area contributed by atoms with Gasteiger partial charge in [-0.3, -0.25) is 19.2 Å². The van der Waals surface area contributed by atoms with Crippen LogP contribution in [0.5, 0.6) is 11.5 Å². The highest BCUT2D eigenvalue weighted by atomic mass is 16.6. The molecule has 202 valence electrons. The minimum absolute atomic E-state index is 0.0947. The molecule has 4 atom stereocenters. The van der Waals surface area contributed by atoms with E-state index in [-0.39, 0.29) is 48.8 Å². The summed E-state index contributed by atoms with van der Waals surface area (Å²) >= 11 is 0. The van der Waals surface area contributed by atoms with Crippen molar-refractivity contribution in [1.82, 2.24) is 0 Å². The molecule has 0 aliphatic carbocycles. The molecule has 0 aliphatic rings. The van der Waals surface area contributed by atoms with Gasteiger partial charge in [-0.1, -0.05) is 53.5 Å². The highest BCUT2D eigenvalue weighted by Crippen LogP contribution is 2.31. The molecule has 2 unspecified atom stereocenters. The topological polar surface area (TPSA) is 131 Å². The fourth-order valence-electron chi connectivity index (χ4n) is 3.35. The van der Waals surface area contributed by atoms with Gasteiger partial charge in [-0.25, -0.2) is 0 Å². The molecule has 36 heavy (non-hydrogen) atoms. The van der Waals surface area contributed by atoms with Crippen LogP contribution in [0.1, 0.15) is 79.2 Å². The van der Waals surface area contributed by atoms with Crippen molar-refractivity contribution in [1.29, 1.82) is 0 Å². The van der Waals surface area contributed by atoms with Gasteiger partial charge in [0.1, 0.15) is 18.8 Å². The minimum atomic E-state index is -1.00. The molecule has 0 amide bonds. The first kappa shape index (κ1) is 31.1. The van der Waals surface area contributed by atoms with E-state index in [0.29, 0.717) is 18.4 Å². The SMILES string of the molecule is CCCC(C)C(=O)Oc1ccc(C[C@H](N)C(=O)OC[C@H](C)OC(=O)CC)cc1OC(=O)C(C)CCC. The molecule has 2 N–H and O–H groups in total. The Morgan fingerprint density at radius 3 is 1.92 bits per heavy atom. The molecule has 1 aromatic carbocycles. The Hall–Kier alpha value is -2.94.